The maximum atomic E-state index is 13.0. The van der Waals surface area contributed by atoms with Crippen molar-refractivity contribution in [2.24, 2.45) is 0 Å². The molecule has 0 bridgehead atoms. The highest BCUT2D eigenvalue weighted by Gasteiger charge is 2.10. The van der Waals surface area contributed by atoms with Crippen molar-refractivity contribution in [2.75, 3.05) is 5.32 Å². The van der Waals surface area contributed by atoms with E-state index in [0.29, 0.717) is 11.4 Å². The van der Waals surface area contributed by atoms with Gasteiger partial charge in [0.2, 0.25) is 0 Å². The summed E-state index contributed by atoms with van der Waals surface area (Å²) >= 11 is 5.68. The molecule has 1 aromatic heterocycles. The van der Waals surface area contributed by atoms with Crippen LogP contribution in [0, 0.1) is 5.82 Å². The second kappa shape index (κ2) is 5.05. The van der Waals surface area contributed by atoms with Crippen LogP contribution < -0.4 is 5.32 Å². The lowest BCUT2D eigenvalue weighted by Crippen LogP contribution is -1.99. The van der Waals surface area contributed by atoms with Crippen LogP contribution in [0.25, 0.3) is 0 Å². The van der Waals surface area contributed by atoms with Crippen molar-refractivity contribution in [1.82, 2.24) is 5.16 Å². The molecule has 0 unspecified atom stereocenters. The number of rotatable bonds is 4. The lowest BCUT2D eigenvalue weighted by atomic mass is 10.3. The van der Waals surface area contributed by atoms with Gasteiger partial charge in [0.05, 0.1) is 6.54 Å². The fourth-order valence-electron chi connectivity index (χ4n) is 1.34. The minimum Gasteiger partial charge on any atom is -0.476 e. The number of benzene rings is 1. The van der Waals surface area contributed by atoms with Gasteiger partial charge < -0.3 is 14.9 Å². The van der Waals surface area contributed by atoms with Crippen LogP contribution in [0.1, 0.15) is 16.2 Å². The van der Waals surface area contributed by atoms with E-state index in [1.165, 1.54) is 18.2 Å². The third-order valence-electron chi connectivity index (χ3n) is 2.11. The van der Waals surface area contributed by atoms with Crippen molar-refractivity contribution in [3.63, 3.8) is 0 Å². The summed E-state index contributed by atoms with van der Waals surface area (Å²) in [6, 6.07) is 5.28. The first-order valence-corrected chi connectivity index (χ1v) is 5.31. The van der Waals surface area contributed by atoms with Crippen molar-refractivity contribution in [3.8, 4) is 0 Å². The zero-order valence-electron chi connectivity index (χ0n) is 8.98. The standard InChI is InChI=1S/C11H8ClFN2O3/c12-6-1-7(13)3-8(2-6)14-5-9-4-10(11(16)17)15-18-9/h1-4,14H,5H2,(H,16,17). The number of hydrogen-bond donors (Lipinski definition) is 2. The van der Waals surface area contributed by atoms with Crippen molar-refractivity contribution in [2.45, 2.75) is 6.54 Å². The summed E-state index contributed by atoms with van der Waals surface area (Å²) in [4.78, 5) is 10.6. The van der Waals surface area contributed by atoms with Gasteiger partial charge in [-0.3, -0.25) is 0 Å². The molecule has 0 atom stereocenters. The van der Waals surface area contributed by atoms with E-state index in [4.69, 9.17) is 21.2 Å². The second-order valence-electron chi connectivity index (χ2n) is 3.50. The summed E-state index contributed by atoms with van der Waals surface area (Å²) in [5.74, 6) is -1.31. The van der Waals surface area contributed by atoms with Crippen LogP contribution in [-0.4, -0.2) is 16.2 Å². The molecule has 94 valence electrons. The van der Waals surface area contributed by atoms with E-state index in [-0.39, 0.29) is 17.3 Å². The summed E-state index contributed by atoms with van der Waals surface area (Å²) in [6.45, 7) is 0.181. The van der Waals surface area contributed by atoms with Crippen molar-refractivity contribution < 1.29 is 18.8 Å². The lowest BCUT2D eigenvalue weighted by molar-refractivity contribution is 0.0685. The van der Waals surface area contributed by atoms with Gasteiger partial charge in [0.1, 0.15) is 5.82 Å². The molecule has 0 fully saturated rings. The summed E-state index contributed by atoms with van der Waals surface area (Å²) < 4.78 is 17.8. The Bertz CT molecular complexity index is 565. The number of nitrogens with one attached hydrogen (secondary N) is 1. The quantitative estimate of drug-likeness (QED) is 0.893. The van der Waals surface area contributed by atoms with Gasteiger partial charge in [0.25, 0.3) is 0 Å². The smallest absolute Gasteiger partial charge is 0.358 e. The summed E-state index contributed by atoms with van der Waals surface area (Å²) in [6.07, 6.45) is 0. The Hall–Kier alpha value is -2.08. The fraction of sp³-hybridized carbons (Fsp3) is 0.0909. The van der Waals surface area contributed by atoms with E-state index in [1.54, 1.807) is 6.07 Å². The number of carboxylic acids is 1. The molecule has 5 nitrogen and oxygen atoms in total. The molecule has 0 aliphatic heterocycles. The number of hydrogen-bond acceptors (Lipinski definition) is 4. The van der Waals surface area contributed by atoms with Gasteiger partial charge in [-0.25, -0.2) is 9.18 Å². The van der Waals surface area contributed by atoms with Crippen LogP contribution in [0.2, 0.25) is 5.02 Å². The van der Waals surface area contributed by atoms with Crippen LogP contribution in [-0.2, 0) is 6.54 Å². The fourth-order valence-corrected chi connectivity index (χ4v) is 1.56. The van der Waals surface area contributed by atoms with Crippen molar-refractivity contribution in [3.05, 3.63) is 46.6 Å². The van der Waals surface area contributed by atoms with Crippen LogP contribution >= 0.6 is 11.6 Å². The summed E-state index contributed by atoms with van der Waals surface area (Å²) in [7, 11) is 0. The topological polar surface area (TPSA) is 75.4 Å². The minimum atomic E-state index is -1.17. The van der Waals surface area contributed by atoms with E-state index in [2.05, 4.69) is 10.5 Å². The Labute approximate surface area is 106 Å². The minimum absolute atomic E-state index is 0.177. The number of aromatic carboxylic acids is 1. The number of aromatic nitrogens is 1. The van der Waals surface area contributed by atoms with Gasteiger partial charge in [-0.2, -0.15) is 0 Å². The molecule has 2 aromatic rings. The van der Waals surface area contributed by atoms with Crippen LogP contribution in [0.4, 0.5) is 10.1 Å². The van der Waals surface area contributed by atoms with E-state index in [0.717, 1.165) is 0 Å². The molecule has 1 aromatic carbocycles. The first-order valence-electron chi connectivity index (χ1n) is 4.93. The predicted molar refractivity (Wildman–Crippen MR) is 62.2 cm³/mol. The average molecular weight is 271 g/mol. The monoisotopic (exact) mass is 270 g/mol. The van der Waals surface area contributed by atoms with Crippen molar-refractivity contribution >= 4 is 23.3 Å². The largest absolute Gasteiger partial charge is 0.476 e. The molecule has 0 saturated heterocycles. The second-order valence-corrected chi connectivity index (χ2v) is 3.93. The summed E-state index contributed by atoms with van der Waals surface area (Å²) in [5.41, 5.74) is 0.289. The number of halogens is 2. The first-order chi connectivity index (χ1) is 8.54. The van der Waals surface area contributed by atoms with E-state index >= 15 is 0 Å². The zero-order valence-corrected chi connectivity index (χ0v) is 9.74. The molecular weight excluding hydrogens is 263 g/mol. The molecule has 0 saturated carbocycles. The molecule has 0 spiro atoms. The van der Waals surface area contributed by atoms with Gasteiger partial charge in [0, 0.05) is 16.8 Å². The van der Waals surface area contributed by atoms with Gasteiger partial charge in [-0.15, -0.1) is 0 Å². The Morgan fingerprint density at radius 1 is 1.44 bits per heavy atom. The molecule has 1 heterocycles. The molecule has 2 N–H and O–H groups in total. The highest BCUT2D eigenvalue weighted by atomic mass is 35.5. The molecule has 2 rings (SSSR count). The SMILES string of the molecule is O=C(O)c1cc(CNc2cc(F)cc(Cl)c2)on1. The highest BCUT2D eigenvalue weighted by molar-refractivity contribution is 6.30. The van der Waals surface area contributed by atoms with Gasteiger partial charge >= 0.3 is 5.97 Å². The van der Waals surface area contributed by atoms with Gasteiger partial charge in [0.15, 0.2) is 11.5 Å². The summed E-state index contributed by atoms with van der Waals surface area (Å²) in [5, 5.41) is 15.1. The predicted octanol–water partition coefficient (Wildman–Crippen LogP) is 2.78. The zero-order chi connectivity index (χ0) is 13.1. The molecule has 0 aliphatic rings. The average Bonchev–Trinajstić information content (AvgIpc) is 2.73. The maximum Gasteiger partial charge on any atom is 0.358 e. The number of carboxylic acid groups (broad SMARTS) is 1. The molecule has 18 heavy (non-hydrogen) atoms. The Morgan fingerprint density at radius 2 is 2.22 bits per heavy atom. The normalized spacial score (nSPS) is 10.3. The number of nitrogens with zero attached hydrogens (tertiary/aromatic N) is 1. The molecule has 0 amide bonds. The molecule has 7 heteroatoms. The van der Waals surface area contributed by atoms with E-state index in [9.17, 15) is 9.18 Å². The van der Waals surface area contributed by atoms with E-state index < -0.39 is 11.8 Å². The number of carbonyl (C=O) groups is 1. The third-order valence-corrected chi connectivity index (χ3v) is 2.33. The maximum absolute atomic E-state index is 13.0. The number of anilines is 1. The van der Waals surface area contributed by atoms with Crippen molar-refractivity contribution in [1.29, 1.82) is 0 Å². The third kappa shape index (κ3) is 2.98. The molecule has 0 radical (unpaired) electrons. The highest BCUT2D eigenvalue weighted by Crippen LogP contribution is 2.18. The van der Waals surface area contributed by atoms with Crippen LogP contribution in [0.15, 0.2) is 28.8 Å². The van der Waals surface area contributed by atoms with Crippen LogP contribution in [0.5, 0.6) is 0 Å². The lowest BCUT2D eigenvalue weighted by Gasteiger charge is -2.04. The van der Waals surface area contributed by atoms with Crippen LogP contribution in [0.3, 0.4) is 0 Å². The Balaban J connectivity index is 2.04. The molecular formula is C11H8ClFN2O3. The van der Waals surface area contributed by atoms with E-state index in [1.807, 2.05) is 0 Å². The van der Waals surface area contributed by atoms with Gasteiger partial charge in [-0.1, -0.05) is 16.8 Å². The molecule has 0 aliphatic carbocycles. The Morgan fingerprint density at radius 3 is 2.83 bits per heavy atom. The first kappa shape index (κ1) is 12.4. The Kier molecular flexibility index (Phi) is 3.47. The van der Waals surface area contributed by atoms with Gasteiger partial charge in [-0.05, 0) is 18.2 Å².